The van der Waals surface area contributed by atoms with Crippen molar-refractivity contribution in [2.75, 3.05) is 26.4 Å². The van der Waals surface area contributed by atoms with E-state index in [0.29, 0.717) is 6.42 Å². The Balaban J connectivity index is 0.000000164. The zero-order chi connectivity index (χ0) is 38.5. The Labute approximate surface area is 318 Å². The van der Waals surface area contributed by atoms with E-state index >= 15 is 0 Å². The monoisotopic (exact) mass is 760 g/mol. The van der Waals surface area contributed by atoms with E-state index in [1.807, 2.05) is 38.1 Å². The van der Waals surface area contributed by atoms with Crippen molar-refractivity contribution in [3.8, 4) is 0 Å². The number of ether oxygens (including phenoxy) is 1. The zero-order valence-corrected chi connectivity index (χ0v) is 30.9. The number of aliphatic hydroxyl groups is 3. The number of carbonyl (C=O) groups is 4. The number of rotatable bonds is 6. The summed E-state index contributed by atoms with van der Waals surface area (Å²) in [6.45, 7) is 3.59. The van der Waals surface area contributed by atoms with Gasteiger partial charge in [-0.15, -0.1) is 0 Å². The lowest BCUT2D eigenvalue weighted by molar-refractivity contribution is -0.158. The highest BCUT2D eigenvalue weighted by atomic mass is 35.5. The van der Waals surface area contributed by atoms with Crippen LogP contribution in [0.4, 0.5) is 0 Å². The topological polar surface area (TPSA) is 158 Å². The predicted molar refractivity (Wildman–Crippen MR) is 200 cm³/mol. The van der Waals surface area contributed by atoms with Gasteiger partial charge in [-0.1, -0.05) is 97.1 Å². The van der Waals surface area contributed by atoms with Gasteiger partial charge in [0.05, 0.1) is 30.7 Å². The van der Waals surface area contributed by atoms with Gasteiger partial charge in [0.25, 0.3) is 0 Å². The van der Waals surface area contributed by atoms with Crippen LogP contribution in [0.15, 0.2) is 97.1 Å². The molecule has 6 aliphatic carbocycles. The van der Waals surface area contributed by atoms with Gasteiger partial charge in [-0.3, -0.25) is 19.2 Å². The van der Waals surface area contributed by atoms with E-state index in [1.54, 1.807) is 0 Å². The molecular weight excluding hydrogens is 719 g/mol. The molecule has 0 saturated heterocycles. The molecule has 0 radical (unpaired) electrons. The van der Waals surface area contributed by atoms with Crippen LogP contribution in [0.3, 0.4) is 0 Å². The third-order valence-corrected chi connectivity index (χ3v) is 11.2. The number of esters is 1. The SMILES string of the molecule is CC1(C(=O)O)CC2c3ccccc3C1c1ccccc12.CC1(C(=O)OCCO)CC2c3ccccc3C1c1ccccc12.O=C(Cl)C(=O)Cl.OCCO. The fraction of sp³-hybridized carbons (Fsp3) is 0.333. The Morgan fingerprint density at radius 1 is 0.566 bits per heavy atom. The summed E-state index contributed by atoms with van der Waals surface area (Å²) in [6.07, 6.45) is 1.46. The number of aliphatic carboxylic acids is 1. The molecule has 4 aromatic carbocycles. The Kier molecular flexibility index (Phi) is 12.6. The second-order valence-corrected chi connectivity index (χ2v) is 14.6. The maximum atomic E-state index is 12.8. The maximum Gasteiger partial charge on any atom is 0.312 e. The fourth-order valence-corrected chi connectivity index (χ4v) is 8.65. The van der Waals surface area contributed by atoms with E-state index in [1.165, 1.54) is 44.5 Å². The van der Waals surface area contributed by atoms with Crippen molar-refractivity contribution in [2.45, 2.75) is 50.4 Å². The van der Waals surface area contributed by atoms with Gasteiger partial charge < -0.3 is 25.2 Å². The summed E-state index contributed by atoms with van der Waals surface area (Å²) >= 11 is 8.98. The number of hydrogen-bond donors (Lipinski definition) is 4. The van der Waals surface area contributed by atoms with E-state index < -0.39 is 27.3 Å². The summed E-state index contributed by atoms with van der Waals surface area (Å²) in [5.74, 6) is -0.446. The lowest BCUT2D eigenvalue weighted by Crippen LogP contribution is -2.45. The van der Waals surface area contributed by atoms with Gasteiger partial charge in [0.2, 0.25) is 0 Å². The first-order valence-electron chi connectivity index (χ1n) is 17.3. The molecule has 9 nitrogen and oxygen atoms in total. The van der Waals surface area contributed by atoms with Crippen LogP contribution >= 0.6 is 23.2 Å². The number of carbonyl (C=O) groups excluding carboxylic acids is 3. The van der Waals surface area contributed by atoms with Crippen LogP contribution in [0.1, 0.15) is 94.9 Å². The summed E-state index contributed by atoms with van der Waals surface area (Å²) in [4.78, 5) is 43.5. The molecule has 10 rings (SSSR count). The molecule has 0 spiro atoms. The number of halogens is 2. The molecule has 4 bridgehead atoms. The van der Waals surface area contributed by atoms with Crippen LogP contribution in [0.5, 0.6) is 0 Å². The molecule has 0 heterocycles. The average Bonchev–Trinajstić information content (AvgIpc) is 3.17. The number of carboxylic acids is 1. The standard InChI is InChI=1S/C20H20O3.C18H16O2.C2Cl2O2.C2H6O2/c1-20(19(22)23-11-10-21)12-17-13-6-2-4-8-15(13)18(20)16-9-5-3-7-14(16)17;1-18(17(19)20)10-15-11-6-2-4-8-13(11)16(18)14-9-5-3-7-12(14)15;3-1(5)2(4)6;3-1-2-4/h2-9,17-18,21H,10-12H2,1H3;2-9,15-16H,10H2,1H3,(H,19,20);;3-4H,1-2H2. The highest BCUT2D eigenvalue weighted by molar-refractivity contribution is 6.97. The van der Waals surface area contributed by atoms with Gasteiger partial charge in [-0.05, 0) is 94.4 Å². The van der Waals surface area contributed by atoms with Gasteiger partial charge in [-0.25, -0.2) is 0 Å². The second kappa shape index (κ2) is 16.7. The van der Waals surface area contributed by atoms with E-state index in [-0.39, 0.29) is 56.1 Å². The molecular formula is C42H42Cl2O9. The average molecular weight is 762 g/mol. The molecule has 0 amide bonds. The van der Waals surface area contributed by atoms with Gasteiger partial charge >= 0.3 is 22.4 Å². The zero-order valence-electron chi connectivity index (χ0n) is 29.4. The van der Waals surface area contributed by atoms with Crippen molar-refractivity contribution >= 4 is 45.6 Å². The highest BCUT2D eigenvalue weighted by Crippen LogP contribution is 2.62. The van der Waals surface area contributed by atoms with Gasteiger partial charge in [-0.2, -0.15) is 0 Å². The molecule has 2 atom stereocenters. The molecule has 0 aliphatic heterocycles. The Morgan fingerprint density at radius 3 is 1.15 bits per heavy atom. The minimum absolute atomic E-state index is 0.0195. The Bertz CT molecular complexity index is 1890. The van der Waals surface area contributed by atoms with E-state index in [4.69, 9.17) is 20.1 Å². The van der Waals surface area contributed by atoms with Crippen molar-refractivity contribution in [3.63, 3.8) is 0 Å². The van der Waals surface area contributed by atoms with Crippen molar-refractivity contribution in [1.82, 2.24) is 0 Å². The van der Waals surface area contributed by atoms with E-state index in [0.717, 1.165) is 6.42 Å². The normalized spacial score (nSPS) is 24.4. The minimum atomic E-state index is -1.14. The van der Waals surface area contributed by atoms with Crippen LogP contribution in [0.25, 0.3) is 0 Å². The summed E-state index contributed by atoms with van der Waals surface area (Å²) in [5, 5.41) is 31.7. The van der Waals surface area contributed by atoms with Crippen molar-refractivity contribution in [2.24, 2.45) is 10.8 Å². The van der Waals surface area contributed by atoms with Gasteiger partial charge in [0, 0.05) is 23.7 Å². The Hall–Kier alpha value is -4.38. The quantitative estimate of drug-likeness (QED) is 0.0984. The molecule has 0 aromatic heterocycles. The van der Waals surface area contributed by atoms with Gasteiger partial charge in [0.15, 0.2) is 0 Å². The summed E-state index contributed by atoms with van der Waals surface area (Å²) in [5.41, 5.74) is 8.91. The first-order chi connectivity index (χ1) is 25.3. The molecule has 4 aromatic rings. The summed E-state index contributed by atoms with van der Waals surface area (Å²) in [7, 11) is 0. The molecule has 53 heavy (non-hydrogen) atoms. The first-order valence-corrected chi connectivity index (χ1v) is 18.1. The smallest absolute Gasteiger partial charge is 0.312 e. The summed E-state index contributed by atoms with van der Waals surface area (Å²) < 4.78 is 5.33. The largest absolute Gasteiger partial charge is 0.481 e. The van der Waals surface area contributed by atoms with E-state index in [2.05, 4.69) is 96.0 Å². The number of benzene rings is 4. The molecule has 11 heteroatoms. The molecule has 0 fully saturated rings. The van der Waals surface area contributed by atoms with Crippen LogP contribution in [0.2, 0.25) is 0 Å². The molecule has 0 saturated carbocycles. The van der Waals surface area contributed by atoms with Gasteiger partial charge in [0.1, 0.15) is 6.61 Å². The third-order valence-electron chi connectivity index (χ3n) is 10.8. The predicted octanol–water partition coefficient (Wildman–Crippen LogP) is 6.46. The third kappa shape index (κ3) is 7.54. The lowest BCUT2D eigenvalue weighted by atomic mass is 9.53. The fourth-order valence-electron chi connectivity index (χ4n) is 8.65. The van der Waals surface area contributed by atoms with E-state index in [9.17, 15) is 24.3 Å². The minimum Gasteiger partial charge on any atom is -0.481 e. The highest BCUT2D eigenvalue weighted by Gasteiger charge is 2.55. The summed E-state index contributed by atoms with van der Waals surface area (Å²) in [6, 6.07) is 33.5. The first kappa shape index (κ1) is 39.8. The van der Waals surface area contributed by atoms with Crippen molar-refractivity contribution in [1.29, 1.82) is 0 Å². The van der Waals surface area contributed by atoms with Crippen LogP contribution < -0.4 is 0 Å². The lowest BCUT2D eigenvalue weighted by Gasteiger charge is -2.50. The van der Waals surface area contributed by atoms with Crippen LogP contribution in [-0.4, -0.2) is 69.3 Å². The number of hydrogen-bond acceptors (Lipinski definition) is 8. The number of aliphatic hydroxyl groups excluding tert-OH is 3. The molecule has 278 valence electrons. The Morgan fingerprint density at radius 2 is 0.868 bits per heavy atom. The van der Waals surface area contributed by atoms with Crippen LogP contribution in [0, 0.1) is 10.8 Å². The number of fused-ring (bicyclic) bond motifs is 2. The second-order valence-electron chi connectivity index (χ2n) is 13.9. The van der Waals surface area contributed by atoms with Crippen molar-refractivity contribution < 1.29 is 44.3 Å². The molecule has 2 unspecified atom stereocenters. The molecule has 6 aliphatic rings. The maximum absolute atomic E-state index is 12.8. The molecule has 4 N–H and O–H groups in total. The van der Waals surface area contributed by atoms with Crippen LogP contribution in [-0.2, 0) is 23.9 Å². The van der Waals surface area contributed by atoms with Crippen molar-refractivity contribution in [3.05, 3.63) is 142 Å². The number of carboxylic acid groups (broad SMARTS) is 1.